The van der Waals surface area contributed by atoms with Crippen LogP contribution in [-0.2, 0) is 0 Å². The Balaban J connectivity index is 1.82. The molecule has 0 aliphatic heterocycles. The molecule has 1 aliphatic rings. The molecule has 0 spiro atoms. The zero-order chi connectivity index (χ0) is 12.6. The Morgan fingerprint density at radius 2 is 2.33 bits per heavy atom. The maximum absolute atomic E-state index is 4.43. The molecule has 0 unspecified atom stereocenters. The first-order valence-electron chi connectivity index (χ1n) is 6.32. The summed E-state index contributed by atoms with van der Waals surface area (Å²) in [7, 11) is 0. The lowest BCUT2D eigenvalue weighted by Crippen LogP contribution is -2.40. The molecular weight excluding hydrogens is 244 g/mol. The number of fused-ring (bicyclic) bond motifs is 1. The highest BCUT2D eigenvalue weighted by atomic mass is 32.2. The van der Waals surface area contributed by atoms with E-state index in [1.165, 1.54) is 19.3 Å². The molecule has 2 aromatic heterocycles. The van der Waals surface area contributed by atoms with Crippen LogP contribution in [0.15, 0.2) is 18.5 Å². The van der Waals surface area contributed by atoms with Gasteiger partial charge in [-0.05, 0) is 32.1 Å². The average molecular weight is 262 g/mol. The van der Waals surface area contributed by atoms with E-state index >= 15 is 0 Å². The number of nitrogens with zero attached hydrogens (tertiary/aromatic N) is 3. The minimum Gasteiger partial charge on any atom is -0.367 e. The van der Waals surface area contributed by atoms with Crippen molar-refractivity contribution in [3.8, 4) is 0 Å². The van der Waals surface area contributed by atoms with Crippen LogP contribution in [0, 0.1) is 6.92 Å². The number of aryl methyl sites for hydroxylation is 1. The molecule has 0 bridgehead atoms. The van der Waals surface area contributed by atoms with Crippen LogP contribution in [0.3, 0.4) is 0 Å². The molecule has 2 heterocycles. The fraction of sp³-hybridized carbons (Fsp3) is 0.538. The number of hydrogen-bond donors (Lipinski definition) is 1. The van der Waals surface area contributed by atoms with Gasteiger partial charge in [0.15, 0.2) is 5.82 Å². The van der Waals surface area contributed by atoms with Crippen molar-refractivity contribution in [3.63, 3.8) is 0 Å². The van der Waals surface area contributed by atoms with Crippen molar-refractivity contribution >= 4 is 23.1 Å². The Labute approximate surface area is 111 Å². The maximum atomic E-state index is 4.43. The number of nitrogens with one attached hydrogen (secondary N) is 1. The van der Waals surface area contributed by atoms with Gasteiger partial charge in [-0.1, -0.05) is 6.42 Å². The van der Waals surface area contributed by atoms with E-state index in [-0.39, 0.29) is 0 Å². The SMILES string of the molecule is CSC1(CNc2nccn3nc(C)cc23)CCC1. The van der Waals surface area contributed by atoms with Crippen LogP contribution in [0.25, 0.3) is 5.52 Å². The summed E-state index contributed by atoms with van der Waals surface area (Å²) in [5.41, 5.74) is 2.08. The Morgan fingerprint density at radius 1 is 1.50 bits per heavy atom. The zero-order valence-electron chi connectivity index (χ0n) is 10.8. The van der Waals surface area contributed by atoms with Crippen LogP contribution in [0.2, 0.25) is 0 Å². The molecule has 1 N–H and O–H groups in total. The molecule has 3 rings (SSSR count). The van der Waals surface area contributed by atoms with E-state index in [1.807, 2.05) is 29.4 Å². The van der Waals surface area contributed by atoms with Crippen LogP contribution in [0.4, 0.5) is 5.82 Å². The molecule has 0 saturated heterocycles. The second-order valence-corrected chi connectivity index (χ2v) is 6.26. The molecule has 0 radical (unpaired) electrons. The number of anilines is 1. The molecule has 0 aromatic carbocycles. The second kappa shape index (κ2) is 4.46. The Morgan fingerprint density at radius 3 is 3.00 bits per heavy atom. The highest BCUT2D eigenvalue weighted by molar-refractivity contribution is 8.00. The van der Waals surface area contributed by atoms with Gasteiger partial charge in [0, 0.05) is 23.7 Å². The van der Waals surface area contributed by atoms with E-state index in [9.17, 15) is 0 Å². The lowest BCUT2D eigenvalue weighted by molar-refractivity contribution is 0.379. The molecule has 0 amide bonds. The smallest absolute Gasteiger partial charge is 0.152 e. The molecule has 1 fully saturated rings. The topological polar surface area (TPSA) is 42.2 Å². The standard InChI is InChI=1S/C13H18N4S/c1-10-8-11-12(14-6-7-17(11)16-10)15-9-13(18-2)4-3-5-13/h6-8H,3-5,9H2,1-2H3,(H,14,15). The van der Waals surface area contributed by atoms with Gasteiger partial charge in [0.05, 0.1) is 5.69 Å². The van der Waals surface area contributed by atoms with Crippen LogP contribution < -0.4 is 5.32 Å². The molecule has 96 valence electrons. The fourth-order valence-electron chi connectivity index (χ4n) is 2.45. The van der Waals surface area contributed by atoms with Crippen LogP contribution >= 0.6 is 11.8 Å². The highest BCUT2D eigenvalue weighted by Gasteiger charge is 2.35. The Hall–Kier alpha value is -1.23. The quantitative estimate of drug-likeness (QED) is 0.920. The van der Waals surface area contributed by atoms with E-state index in [2.05, 4.69) is 27.7 Å². The summed E-state index contributed by atoms with van der Waals surface area (Å²) in [5.74, 6) is 0.943. The summed E-state index contributed by atoms with van der Waals surface area (Å²) in [6, 6.07) is 2.07. The summed E-state index contributed by atoms with van der Waals surface area (Å²) >= 11 is 1.98. The first-order chi connectivity index (χ1) is 8.72. The average Bonchev–Trinajstić information content (AvgIpc) is 2.69. The normalized spacial score (nSPS) is 17.7. The summed E-state index contributed by atoms with van der Waals surface area (Å²) in [5, 5.41) is 7.91. The van der Waals surface area contributed by atoms with Crippen molar-refractivity contribution in [2.45, 2.75) is 30.9 Å². The summed E-state index contributed by atoms with van der Waals surface area (Å²) in [6.07, 6.45) is 9.87. The van der Waals surface area contributed by atoms with Crippen molar-refractivity contribution in [1.29, 1.82) is 0 Å². The molecule has 2 aromatic rings. The van der Waals surface area contributed by atoms with Gasteiger partial charge in [0.2, 0.25) is 0 Å². The predicted molar refractivity (Wildman–Crippen MR) is 76.3 cm³/mol. The molecule has 4 nitrogen and oxygen atoms in total. The maximum Gasteiger partial charge on any atom is 0.152 e. The number of aromatic nitrogens is 3. The molecular formula is C13H18N4S. The Bertz CT molecular complexity index is 554. The third-order valence-electron chi connectivity index (χ3n) is 3.79. The summed E-state index contributed by atoms with van der Waals surface area (Å²) in [6.45, 7) is 3.00. The third kappa shape index (κ3) is 1.96. The minimum absolute atomic E-state index is 0.420. The monoisotopic (exact) mass is 262 g/mol. The van der Waals surface area contributed by atoms with E-state index in [4.69, 9.17) is 0 Å². The zero-order valence-corrected chi connectivity index (χ0v) is 11.6. The molecule has 0 atom stereocenters. The number of hydrogen-bond acceptors (Lipinski definition) is 4. The number of rotatable bonds is 4. The second-order valence-electron chi connectivity index (χ2n) is 4.99. The van der Waals surface area contributed by atoms with Gasteiger partial charge in [0.25, 0.3) is 0 Å². The van der Waals surface area contributed by atoms with E-state index in [1.54, 1.807) is 6.20 Å². The first-order valence-corrected chi connectivity index (χ1v) is 7.55. The van der Waals surface area contributed by atoms with Crippen molar-refractivity contribution < 1.29 is 0 Å². The van der Waals surface area contributed by atoms with Gasteiger partial charge in [0.1, 0.15) is 5.52 Å². The van der Waals surface area contributed by atoms with Crippen LogP contribution in [0.1, 0.15) is 25.0 Å². The highest BCUT2D eigenvalue weighted by Crippen LogP contribution is 2.42. The van der Waals surface area contributed by atoms with E-state index in [0.717, 1.165) is 23.6 Å². The van der Waals surface area contributed by atoms with Gasteiger partial charge in [-0.2, -0.15) is 16.9 Å². The van der Waals surface area contributed by atoms with Crippen LogP contribution in [0.5, 0.6) is 0 Å². The molecule has 5 heteroatoms. The van der Waals surface area contributed by atoms with Crippen LogP contribution in [-0.4, -0.2) is 32.1 Å². The summed E-state index contributed by atoms with van der Waals surface area (Å²) < 4.78 is 2.31. The van der Waals surface area contributed by atoms with Gasteiger partial charge in [-0.25, -0.2) is 9.50 Å². The van der Waals surface area contributed by atoms with Crippen molar-refractivity contribution in [1.82, 2.24) is 14.6 Å². The van der Waals surface area contributed by atoms with Crippen molar-refractivity contribution in [2.75, 3.05) is 18.1 Å². The number of thioether (sulfide) groups is 1. The van der Waals surface area contributed by atoms with Crippen molar-refractivity contribution in [3.05, 3.63) is 24.2 Å². The summed E-state index contributed by atoms with van der Waals surface area (Å²) in [4.78, 5) is 4.43. The van der Waals surface area contributed by atoms with Gasteiger partial charge >= 0.3 is 0 Å². The van der Waals surface area contributed by atoms with Gasteiger partial charge in [-0.15, -0.1) is 0 Å². The fourth-order valence-corrected chi connectivity index (χ4v) is 3.36. The molecule has 18 heavy (non-hydrogen) atoms. The molecule has 1 saturated carbocycles. The first kappa shape index (κ1) is 11.8. The predicted octanol–water partition coefficient (Wildman–Crippen LogP) is 2.74. The third-order valence-corrected chi connectivity index (χ3v) is 5.21. The van der Waals surface area contributed by atoms with Crippen molar-refractivity contribution in [2.24, 2.45) is 0 Å². The Kier molecular flexibility index (Phi) is 2.93. The van der Waals surface area contributed by atoms with E-state index < -0.39 is 0 Å². The van der Waals surface area contributed by atoms with Gasteiger partial charge in [-0.3, -0.25) is 0 Å². The van der Waals surface area contributed by atoms with E-state index in [0.29, 0.717) is 4.75 Å². The lowest BCUT2D eigenvalue weighted by atomic mass is 9.84. The van der Waals surface area contributed by atoms with Gasteiger partial charge < -0.3 is 5.32 Å². The molecule has 1 aliphatic carbocycles. The minimum atomic E-state index is 0.420. The largest absolute Gasteiger partial charge is 0.367 e. The lowest BCUT2D eigenvalue weighted by Gasteiger charge is -2.40.